The summed E-state index contributed by atoms with van der Waals surface area (Å²) in [5.41, 5.74) is 1.05. The largest absolute Gasteiger partial charge is 0.416 e. The van der Waals surface area contributed by atoms with Gasteiger partial charge in [-0.15, -0.1) is 0 Å². The van der Waals surface area contributed by atoms with Gasteiger partial charge in [0.25, 0.3) is 0 Å². The van der Waals surface area contributed by atoms with E-state index in [1.807, 2.05) is 6.07 Å². The van der Waals surface area contributed by atoms with Crippen LogP contribution in [0.2, 0.25) is 0 Å². The minimum absolute atomic E-state index is 0.488. The van der Waals surface area contributed by atoms with Crippen LogP contribution < -0.4 is 0 Å². The van der Waals surface area contributed by atoms with Gasteiger partial charge in [0, 0.05) is 11.6 Å². The second kappa shape index (κ2) is 5.33. The van der Waals surface area contributed by atoms with E-state index in [0.29, 0.717) is 16.2 Å². The maximum absolute atomic E-state index is 12.6. The van der Waals surface area contributed by atoms with E-state index in [2.05, 4.69) is 5.10 Å². The number of aromatic nitrogens is 2. The number of halogens is 3. The van der Waals surface area contributed by atoms with Crippen LogP contribution in [0.1, 0.15) is 42.9 Å². The molecule has 1 aromatic heterocycles. The quantitative estimate of drug-likeness (QED) is 0.755. The molecule has 1 aliphatic rings. The molecule has 0 aliphatic heterocycles. The summed E-state index contributed by atoms with van der Waals surface area (Å²) >= 11 is 5.31. The number of nitrogens with zero attached hydrogens (tertiary/aromatic N) is 1. The molecule has 1 fully saturated rings. The zero-order valence-corrected chi connectivity index (χ0v) is 12.1. The normalized spacial score (nSPS) is 16.5. The summed E-state index contributed by atoms with van der Waals surface area (Å²) < 4.78 is 40.0. The van der Waals surface area contributed by atoms with Gasteiger partial charge in [-0.2, -0.15) is 13.2 Å². The van der Waals surface area contributed by atoms with Gasteiger partial charge in [-0.1, -0.05) is 25.1 Å². The van der Waals surface area contributed by atoms with Crippen molar-refractivity contribution in [3.63, 3.8) is 0 Å². The number of aromatic amines is 1. The SMILES string of the molecule is FC(F)(F)c1ccc(-n2[nH]c(C3CCCC3)cc2=S)cc1. The van der Waals surface area contributed by atoms with Gasteiger partial charge < -0.3 is 0 Å². The van der Waals surface area contributed by atoms with Crippen LogP contribution in [0.5, 0.6) is 0 Å². The van der Waals surface area contributed by atoms with Crippen LogP contribution in [0.3, 0.4) is 0 Å². The van der Waals surface area contributed by atoms with Gasteiger partial charge in [0.15, 0.2) is 0 Å². The zero-order valence-electron chi connectivity index (χ0n) is 11.3. The fourth-order valence-electron chi connectivity index (χ4n) is 2.85. The van der Waals surface area contributed by atoms with Crippen molar-refractivity contribution in [1.82, 2.24) is 9.78 Å². The standard InChI is InChI=1S/C15H15F3N2S/c16-15(17,18)11-5-7-12(8-6-11)20-14(21)9-13(19-20)10-3-1-2-4-10/h5-10,19H,1-4H2. The van der Waals surface area contributed by atoms with Gasteiger partial charge in [-0.05, 0) is 43.2 Å². The van der Waals surface area contributed by atoms with Crippen LogP contribution in [0.25, 0.3) is 5.69 Å². The van der Waals surface area contributed by atoms with E-state index in [-0.39, 0.29) is 0 Å². The monoisotopic (exact) mass is 312 g/mol. The molecule has 6 heteroatoms. The van der Waals surface area contributed by atoms with Crippen LogP contribution in [0, 0.1) is 4.64 Å². The minimum atomic E-state index is -4.31. The molecule has 0 amide bonds. The predicted molar refractivity (Wildman–Crippen MR) is 77.2 cm³/mol. The van der Waals surface area contributed by atoms with Crippen molar-refractivity contribution < 1.29 is 13.2 Å². The molecule has 0 bridgehead atoms. The predicted octanol–water partition coefficient (Wildman–Crippen LogP) is 5.21. The number of rotatable bonds is 2. The lowest BCUT2D eigenvalue weighted by atomic mass is 10.1. The molecule has 0 atom stereocenters. The molecule has 1 aliphatic carbocycles. The van der Waals surface area contributed by atoms with E-state index in [4.69, 9.17) is 12.2 Å². The van der Waals surface area contributed by atoms with Crippen molar-refractivity contribution in [2.45, 2.75) is 37.8 Å². The van der Waals surface area contributed by atoms with Crippen LogP contribution in [-0.4, -0.2) is 9.78 Å². The molecule has 2 aromatic rings. The number of hydrogen-bond donors (Lipinski definition) is 1. The highest BCUT2D eigenvalue weighted by Crippen LogP contribution is 2.34. The average Bonchev–Trinajstić information content (AvgIpc) is 3.07. The van der Waals surface area contributed by atoms with Crippen LogP contribution >= 0.6 is 12.2 Å². The topological polar surface area (TPSA) is 20.7 Å². The molecule has 21 heavy (non-hydrogen) atoms. The first-order valence-corrected chi connectivity index (χ1v) is 7.35. The molecular formula is C15H15F3N2S. The summed E-state index contributed by atoms with van der Waals surface area (Å²) in [6.07, 6.45) is 0.406. The Bertz CT molecular complexity index is 676. The van der Waals surface area contributed by atoms with Gasteiger partial charge >= 0.3 is 6.18 Å². The summed E-state index contributed by atoms with van der Waals surface area (Å²) in [4.78, 5) is 0. The highest BCUT2D eigenvalue weighted by atomic mass is 32.1. The number of H-pyrrole nitrogens is 1. The lowest BCUT2D eigenvalue weighted by Crippen LogP contribution is -2.05. The molecule has 1 heterocycles. The molecule has 3 rings (SSSR count). The molecular weight excluding hydrogens is 297 g/mol. The Labute approximate surface area is 125 Å². The summed E-state index contributed by atoms with van der Waals surface area (Å²) in [6.45, 7) is 0. The molecule has 0 spiro atoms. The summed E-state index contributed by atoms with van der Waals surface area (Å²) in [6, 6.07) is 6.95. The third-order valence-electron chi connectivity index (χ3n) is 3.99. The summed E-state index contributed by atoms with van der Waals surface area (Å²) in [5.74, 6) is 0.488. The number of nitrogens with one attached hydrogen (secondary N) is 1. The number of hydrogen-bond acceptors (Lipinski definition) is 1. The Morgan fingerprint density at radius 2 is 1.71 bits per heavy atom. The third kappa shape index (κ3) is 2.90. The molecule has 1 N–H and O–H groups in total. The first-order chi connectivity index (χ1) is 9.95. The van der Waals surface area contributed by atoms with Gasteiger partial charge in [0.1, 0.15) is 4.64 Å². The Hall–Kier alpha value is -1.56. The van der Waals surface area contributed by atoms with Crippen molar-refractivity contribution in [2.75, 3.05) is 0 Å². The Kier molecular flexibility index (Phi) is 3.65. The molecule has 2 nitrogen and oxygen atoms in total. The van der Waals surface area contributed by atoms with Crippen LogP contribution in [-0.2, 0) is 6.18 Å². The second-order valence-corrected chi connectivity index (χ2v) is 5.83. The molecule has 0 radical (unpaired) electrons. The molecule has 1 saturated carbocycles. The second-order valence-electron chi connectivity index (χ2n) is 5.41. The van der Waals surface area contributed by atoms with E-state index in [1.54, 1.807) is 4.68 Å². The molecule has 112 valence electrons. The van der Waals surface area contributed by atoms with Gasteiger partial charge in [0.2, 0.25) is 0 Å². The summed E-state index contributed by atoms with van der Waals surface area (Å²) in [5, 5.41) is 3.23. The number of alkyl halides is 3. The fraction of sp³-hybridized carbons (Fsp3) is 0.400. The Morgan fingerprint density at radius 3 is 2.29 bits per heavy atom. The Balaban J connectivity index is 1.91. The van der Waals surface area contributed by atoms with Crippen LogP contribution in [0.15, 0.2) is 30.3 Å². The lowest BCUT2D eigenvalue weighted by Gasteiger charge is -2.09. The maximum atomic E-state index is 12.6. The van der Waals surface area contributed by atoms with Crippen molar-refractivity contribution in [3.05, 3.63) is 46.2 Å². The number of benzene rings is 1. The molecule has 0 saturated heterocycles. The van der Waals surface area contributed by atoms with Crippen molar-refractivity contribution >= 4 is 12.2 Å². The van der Waals surface area contributed by atoms with E-state index >= 15 is 0 Å². The first kappa shape index (κ1) is 14.4. The van der Waals surface area contributed by atoms with E-state index in [9.17, 15) is 13.2 Å². The summed E-state index contributed by atoms with van der Waals surface area (Å²) in [7, 11) is 0. The highest BCUT2D eigenvalue weighted by molar-refractivity contribution is 7.71. The fourth-order valence-corrected chi connectivity index (χ4v) is 3.13. The van der Waals surface area contributed by atoms with Gasteiger partial charge in [-0.3, -0.25) is 5.10 Å². The van der Waals surface area contributed by atoms with Gasteiger partial charge in [0.05, 0.1) is 11.3 Å². The van der Waals surface area contributed by atoms with E-state index in [0.717, 1.165) is 30.7 Å². The lowest BCUT2D eigenvalue weighted by molar-refractivity contribution is -0.137. The van der Waals surface area contributed by atoms with E-state index in [1.165, 1.54) is 25.0 Å². The van der Waals surface area contributed by atoms with Crippen molar-refractivity contribution in [1.29, 1.82) is 0 Å². The maximum Gasteiger partial charge on any atom is 0.416 e. The van der Waals surface area contributed by atoms with Crippen LogP contribution in [0.4, 0.5) is 13.2 Å². The smallest absolute Gasteiger partial charge is 0.297 e. The molecule has 1 aromatic carbocycles. The highest BCUT2D eigenvalue weighted by Gasteiger charge is 2.30. The zero-order chi connectivity index (χ0) is 15.0. The average molecular weight is 312 g/mol. The Morgan fingerprint density at radius 1 is 1.10 bits per heavy atom. The minimum Gasteiger partial charge on any atom is -0.297 e. The first-order valence-electron chi connectivity index (χ1n) is 6.95. The third-order valence-corrected chi connectivity index (χ3v) is 4.29. The van der Waals surface area contributed by atoms with Crippen molar-refractivity contribution in [2.24, 2.45) is 0 Å². The van der Waals surface area contributed by atoms with E-state index < -0.39 is 11.7 Å². The van der Waals surface area contributed by atoms with Crippen molar-refractivity contribution in [3.8, 4) is 5.69 Å². The molecule has 0 unspecified atom stereocenters. The van der Waals surface area contributed by atoms with Gasteiger partial charge in [-0.25, -0.2) is 4.68 Å².